The predicted molar refractivity (Wildman–Crippen MR) is 104 cm³/mol. The quantitative estimate of drug-likeness (QED) is 0.854. The van der Waals surface area contributed by atoms with E-state index < -0.39 is 10.0 Å². The normalized spacial score (nSPS) is 14.0. The Morgan fingerprint density at radius 2 is 1.93 bits per heavy atom. The van der Waals surface area contributed by atoms with Crippen molar-refractivity contribution in [3.63, 3.8) is 0 Å². The molecular formula is C20H24N2O4S. The molecule has 0 atom stereocenters. The van der Waals surface area contributed by atoms with Gasteiger partial charge in [-0.05, 0) is 41.8 Å². The number of nitrogens with one attached hydrogen (secondary N) is 1. The first kappa shape index (κ1) is 19.2. The molecule has 0 spiro atoms. The Labute approximate surface area is 160 Å². The highest BCUT2D eigenvalue weighted by molar-refractivity contribution is 7.92. The number of ether oxygens (including phenoxy) is 1. The Bertz CT molecular complexity index is 954. The van der Waals surface area contributed by atoms with Gasteiger partial charge >= 0.3 is 0 Å². The van der Waals surface area contributed by atoms with E-state index in [0.29, 0.717) is 24.5 Å². The molecule has 7 heteroatoms. The third-order valence-corrected chi connectivity index (χ3v) is 6.01. The lowest BCUT2D eigenvalue weighted by molar-refractivity contribution is -0.135. The van der Waals surface area contributed by atoms with Crippen LogP contribution in [0.2, 0.25) is 0 Å². The summed E-state index contributed by atoms with van der Waals surface area (Å²) in [6.07, 6.45) is 0.775. The molecule has 2 aromatic carbocycles. The van der Waals surface area contributed by atoms with Crippen molar-refractivity contribution in [1.82, 2.24) is 4.90 Å². The molecule has 1 heterocycles. The third-order valence-electron chi connectivity index (χ3n) is 4.63. The van der Waals surface area contributed by atoms with Crippen LogP contribution in [-0.4, -0.2) is 32.9 Å². The lowest BCUT2D eigenvalue weighted by Crippen LogP contribution is -2.38. The maximum atomic E-state index is 12.7. The van der Waals surface area contributed by atoms with E-state index in [9.17, 15) is 13.2 Å². The molecule has 0 fully saturated rings. The van der Waals surface area contributed by atoms with E-state index in [2.05, 4.69) is 4.72 Å². The van der Waals surface area contributed by atoms with Gasteiger partial charge in [0.05, 0.1) is 12.0 Å². The van der Waals surface area contributed by atoms with E-state index in [1.54, 1.807) is 18.2 Å². The molecule has 1 N–H and O–H groups in total. The number of nitrogens with zero attached hydrogens (tertiary/aromatic N) is 1. The third kappa shape index (κ3) is 4.24. The van der Waals surface area contributed by atoms with Crippen molar-refractivity contribution in [2.45, 2.75) is 31.7 Å². The second kappa shape index (κ2) is 7.60. The molecule has 0 radical (unpaired) electrons. The second-order valence-corrected chi connectivity index (χ2v) is 8.61. The summed E-state index contributed by atoms with van der Waals surface area (Å²) < 4.78 is 33.1. The molecule has 1 aliphatic heterocycles. The molecule has 0 saturated carbocycles. The summed E-state index contributed by atoms with van der Waals surface area (Å²) >= 11 is 0. The molecule has 6 nitrogen and oxygen atoms in total. The van der Waals surface area contributed by atoms with Gasteiger partial charge in [-0.1, -0.05) is 26.0 Å². The van der Waals surface area contributed by atoms with Crippen LogP contribution in [0.15, 0.2) is 47.4 Å². The molecule has 0 unspecified atom stereocenters. The van der Waals surface area contributed by atoms with Crippen LogP contribution in [-0.2, 0) is 27.8 Å². The highest BCUT2D eigenvalue weighted by Crippen LogP contribution is 2.26. The van der Waals surface area contributed by atoms with Gasteiger partial charge in [-0.25, -0.2) is 8.42 Å². The van der Waals surface area contributed by atoms with E-state index in [4.69, 9.17) is 4.74 Å². The van der Waals surface area contributed by atoms with E-state index in [-0.39, 0.29) is 16.7 Å². The lowest BCUT2D eigenvalue weighted by atomic mass is 9.98. The molecule has 3 rings (SSSR count). The number of hydrogen-bond donors (Lipinski definition) is 1. The smallest absolute Gasteiger partial charge is 0.262 e. The Morgan fingerprint density at radius 1 is 1.15 bits per heavy atom. The SMILES string of the molecule is COc1cccc(S(=O)(=O)Nc2ccc3c(c2)CN(C(=O)C(C)C)CC3)c1. The summed E-state index contributed by atoms with van der Waals surface area (Å²) in [4.78, 5) is 14.2. The molecule has 144 valence electrons. The zero-order chi connectivity index (χ0) is 19.6. The van der Waals surface area contributed by atoms with Crippen molar-refractivity contribution in [1.29, 1.82) is 0 Å². The first-order valence-electron chi connectivity index (χ1n) is 8.87. The monoisotopic (exact) mass is 388 g/mol. The number of hydrogen-bond acceptors (Lipinski definition) is 4. The standard InChI is InChI=1S/C20H24N2O4S/c1-14(2)20(23)22-10-9-15-7-8-17(11-16(15)13-22)21-27(24,25)19-6-4-5-18(12-19)26-3/h4-8,11-12,14,21H,9-10,13H2,1-3H3. The van der Waals surface area contributed by atoms with Gasteiger partial charge in [-0.3, -0.25) is 9.52 Å². The first-order chi connectivity index (χ1) is 12.8. The number of rotatable bonds is 5. The molecular weight excluding hydrogens is 364 g/mol. The first-order valence-corrected chi connectivity index (χ1v) is 10.4. The van der Waals surface area contributed by atoms with Crippen molar-refractivity contribution < 1.29 is 17.9 Å². The van der Waals surface area contributed by atoms with Gasteiger partial charge in [0.25, 0.3) is 10.0 Å². The molecule has 1 aliphatic rings. The number of fused-ring (bicyclic) bond motifs is 1. The molecule has 2 aromatic rings. The fraction of sp³-hybridized carbons (Fsp3) is 0.350. The number of carbonyl (C=O) groups excluding carboxylic acids is 1. The second-order valence-electron chi connectivity index (χ2n) is 6.93. The number of sulfonamides is 1. The number of anilines is 1. The van der Waals surface area contributed by atoms with Gasteiger partial charge < -0.3 is 9.64 Å². The van der Waals surface area contributed by atoms with Crippen LogP contribution in [0.25, 0.3) is 0 Å². The molecule has 27 heavy (non-hydrogen) atoms. The predicted octanol–water partition coefficient (Wildman–Crippen LogP) is 3.04. The number of methoxy groups -OCH3 is 1. The maximum absolute atomic E-state index is 12.7. The van der Waals surface area contributed by atoms with Crippen LogP contribution >= 0.6 is 0 Å². The van der Waals surface area contributed by atoms with Gasteiger partial charge in [0, 0.05) is 30.8 Å². The summed E-state index contributed by atoms with van der Waals surface area (Å²) in [5.41, 5.74) is 2.60. The van der Waals surface area contributed by atoms with Crippen molar-refractivity contribution in [3.8, 4) is 5.75 Å². The summed E-state index contributed by atoms with van der Waals surface area (Å²) in [7, 11) is -2.23. The van der Waals surface area contributed by atoms with Crippen LogP contribution in [0.4, 0.5) is 5.69 Å². The van der Waals surface area contributed by atoms with E-state index in [0.717, 1.165) is 17.5 Å². The van der Waals surface area contributed by atoms with Gasteiger partial charge in [-0.2, -0.15) is 0 Å². The molecule has 0 bridgehead atoms. The Morgan fingerprint density at radius 3 is 2.63 bits per heavy atom. The van der Waals surface area contributed by atoms with Crippen LogP contribution in [0.3, 0.4) is 0 Å². The van der Waals surface area contributed by atoms with Crippen molar-refractivity contribution in [3.05, 3.63) is 53.6 Å². The fourth-order valence-corrected chi connectivity index (χ4v) is 4.24. The minimum atomic E-state index is -3.73. The van der Waals surface area contributed by atoms with E-state index in [1.807, 2.05) is 30.9 Å². The number of amides is 1. The molecule has 0 aliphatic carbocycles. The summed E-state index contributed by atoms with van der Waals surface area (Å²) in [5, 5.41) is 0. The number of benzene rings is 2. The highest BCUT2D eigenvalue weighted by atomic mass is 32.2. The average Bonchev–Trinajstić information content (AvgIpc) is 2.66. The van der Waals surface area contributed by atoms with Crippen molar-refractivity contribution >= 4 is 21.6 Å². The zero-order valence-electron chi connectivity index (χ0n) is 15.7. The maximum Gasteiger partial charge on any atom is 0.262 e. The van der Waals surface area contributed by atoms with Crippen LogP contribution in [0.5, 0.6) is 5.75 Å². The van der Waals surface area contributed by atoms with Gasteiger partial charge in [0.2, 0.25) is 5.91 Å². The minimum absolute atomic E-state index is 0.0544. The van der Waals surface area contributed by atoms with Gasteiger partial charge in [-0.15, -0.1) is 0 Å². The number of carbonyl (C=O) groups is 1. The lowest BCUT2D eigenvalue weighted by Gasteiger charge is -2.30. The molecule has 1 amide bonds. The highest BCUT2D eigenvalue weighted by Gasteiger charge is 2.23. The average molecular weight is 388 g/mol. The summed E-state index contributed by atoms with van der Waals surface area (Å²) in [5.74, 6) is 0.537. The zero-order valence-corrected chi connectivity index (χ0v) is 16.5. The van der Waals surface area contributed by atoms with E-state index in [1.165, 1.54) is 19.2 Å². The van der Waals surface area contributed by atoms with E-state index >= 15 is 0 Å². The van der Waals surface area contributed by atoms with Crippen LogP contribution in [0, 0.1) is 5.92 Å². The van der Waals surface area contributed by atoms with Crippen molar-refractivity contribution in [2.24, 2.45) is 5.92 Å². The van der Waals surface area contributed by atoms with Crippen LogP contribution in [0.1, 0.15) is 25.0 Å². The minimum Gasteiger partial charge on any atom is -0.497 e. The fourth-order valence-electron chi connectivity index (χ4n) is 3.16. The summed E-state index contributed by atoms with van der Waals surface area (Å²) in [6.45, 7) is 4.97. The van der Waals surface area contributed by atoms with Gasteiger partial charge in [0.15, 0.2) is 0 Å². The molecule has 0 aromatic heterocycles. The summed E-state index contributed by atoms with van der Waals surface area (Å²) in [6, 6.07) is 11.8. The topological polar surface area (TPSA) is 75.7 Å². The Hall–Kier alpha value is -2.54. The van der Waals surface area contributed by atoms with Crippen molar-refractivity contribution in [2.75, 3.05) is 18.4 Å². The largest absolute Gasteiger partial charge is 0.497 e. The Balaban J connectivity index is 1.83. The van der Waals surface area contributed by atoms with Crippen LogP contribution < -0.4 is 9.46 Å². The Kier molecular flexibility index (Phi) is 5.41. The van der Waals surface area contributed by atoms with Gasteiger partial charge in [0.1, 0.15) is 5.75 Å². The molecule has 0 saturated heterocycles.